The van der Waals surface area contributed by atoms with E-state index in [2.05, 4.69) is 25.9 Å². The van der Waals surface area contributed by atoms with Gasteiger partial charge >= 0.3 is 0 Å². The number of Topliss-reactive ketones (excluding diaryl/α,β-unsaturated/α-hetero) is 1. The minimum atomic E-state index is -0.867. The van der Waals surface area contributed by atoms with Crippen molar-refractivity contribution in [2.24, 2.45) is 28.9 Å². The van der Waals surface area contributed by atoms with Crippen molar-refractivity contribution in [3.63, 3.8) is 0 Å². The van der Waals surface area contributed by atoms with Crippen molar-refractivity contribution >= 4 is 35.3 Å². The number of rotatable bonds is 9. The first kappa shape index (κ1) is 39.3. The van der Waals surface area contributed by atoms with Crippen LogP contribution in [0.3, 0.4) is 0 Å². The molecule has 1 aromatic heterocycles. The van der Waals surface area contributed by atoms with Crippen molar-refractivity contribution in [1.82, 2.24) is 30.8 Å². The standard InChI is InChI=1S/C21H30N6O4.C7H13NO2.C6H12/c1-21(2,3)17(26-15(28)10-25-19(30)14-9-23-7-8-24-14)20(31)27-11-12-5-4-6-13(12)16(27)18(22)29;1-5(2)4-6(9)7(10)8-3;1-2-4-6-5-3-1/h7-9,12-13,16-17H,4-6,10-11H2,1-3H3,(H2,22,29)(H,25,30)(H,26,28);5H,4H2,1-3H3,(H,8,10);1-6H2. The van der Waals surface area contributed by atoms with Crippen molar-refractivity contribution in [3.05, 3.63) is 24.3 Å². The Morgan fingerprint density at radius 3 is 2.06 bits per heavy atom. The van der Waals surface area contributed by atoms with Crippen LogP contribution in [0.25, 0.3) is 0 Å². The molecule has 0 radical (unpaired) electrons. The zero-order valence-electron chi connectivity index (χ0n) is 29.0. The van der Waals surface area contributed by atoms with Gasteiger partial charge in [-0.15, -0.1) is 0 Å². The van der Waals surface area contributed by atoms with Gasteiger partial charge in [-0.05, 0) is 36.0 Å². The molecule has 13 heteroatoms. The molecule has 0 bridgehead atoms. The number of nitrogens with one attached hydrogen (secondary N) is 3. The molecule has 2 saturated carbocycles. The van der Waals surface area contributed by atoms with E-state index in [4.69, 9.17) is 5.73 Å². The fourth-order valence-corrected chi connectivity index (χ4v) is 6.25. The normalized spacial score (nSPS) is 20.7. The molecule has 0 aromatic carbocycles. The Labute approximate surface area is 279 Å². The molecule has 0 spiro atoms. The zero-order valence-corrected chi connectivity index (χ0v) is 29.0. The summed E-state index contributed by atoms with van der Waals surface area (Å²) in [6, 6.07) is -1.51. The number of amides is 5. The highest BCUT2D eigenvalue weighted by atomic mass is 16.2. The number of aromatic nitrogens is 2. The molecular weight excluding hydrogens is 602 g/mol. The molecule has 4 rings (SSSR count). The second-order valence-corrected chi connectivity index (χ2v) is 14.1. The summed E-state index contributed by atoms with van der Waals surface area (Å²) in [6.07, 6.45) is 16.3. The van der Waals surface area contributed by atoms with Gasteiger partial charge in [-0.25, -0.2) is 4.98 Å². The van der Waals surface area contributed by atoms with Crippen LogP contribution in [0, 0.1) is 23.2 Å². The molecule has 4 atom stereocenters. The van der Waals surface area contributed by atoms with E-state index in [0.717, 1.165) is 19.3 Å². The summed E-state index contributed by atoms with van der Waals surface area (Å²) in [5, 5.41) is 7.49. The van der Waals surface area contributed by atoms with E-state index >= 15 is 0 Å². The second kappa shape index (κ2) is 19.0. The van der Waals surface area contributed by atoms with Crippen molar-refractivity contribution in [1.29, 1.82) is 0 Å². The van der Waals surface area contributed by atoms with Crippen LogP contribution in [0.2, 0.25) is 0 Å². The number of nitrogens with zero attached hydrogens (tertiary/aromatic N) is 3. The van der Waals surface area contributed by atoms with Gasteiger partial charge in [-0.1, -0.05) is 79.6 Å². The van der Waals surface area contributed by atoms with Crippen molar-refractivity contribution < 1.29 is 28.8 Å². The van der Waals surface area contributed by atoms with Gasteiger partial charge in [0, 0.05) is 32.4 Å². The third kappa shape index (κ3) is 12.7. The highest BCUT2D eigenvalue weighted by Gasteiger charge is 2.51. The number of carbonyl (C=O) groups is 6. The maximum Gasteiger partial charge on any atom is 0.287 e. The third-order valence-corrected chi connectivity index (χ3v) is 8.66. The highest BCUT2D eigenvalue weighted by Crippen LogP contribution is 2.42. The van der Waals surface area contributed by atoms with Crippen LogP contribution in [0.15, 0.2) is 18.6 Å². The predicted molar refractivity (Wildman–Crippen MR) is 178 cm³/mol. The van der Waals surface area contributed by atoms with Crippen LogP contribution >= 0.6 is 0 Å². The van der Waals surface area contributed by atoms with Crippen LogP contribution in [0.5, 0.6) is 0 Å². The molecule has 5 N–H and O–H groups in total. The van der Waals surface area contributed by atoms with Crippen LogP contribution in [-0.2, 0) is 24.0 Å². The zero-order chi connectivity index (χ0) is 35.1. The topological polar surface area (TPSA) is 194 Å². The summed E-state index contributed by atoms with van der Waals surface area (Å²) in [7, 11) is 1.46. The van der Waals surface area contributed by atoms with Crippen LogP contribution in [0.1, 0.15) is 109 Å². The number of primary amides is 1. The minimum Gasteiger partial charge on any atom is -0.368 e. The predicted octanol–water partition coefficient (Wildman–Crippen LogP) is 2.54. The molecular formula is C34H55N7O6. The number of carbonyl (C=O) groups excluding carboxylic acids is 6. The van der Waals surface area contributed by atoms with Gasteiger partial charge in [-0.2, -0.15) is 0 Å². The Morgan fingerprint density at radius 2 is 1.57 bits per heavy atom. The molecule has 3 fully saturated rings. The summed E-state index contributed by atoms with van der Waals surface area (Å²) < 4.78 is 0. The maximum atomic E-state index is 13.4. The number of likely N-dealkylation sites (N-methyl/N-ethyl adjacent to an activating group) is 1. The molecule has 13 nitrogen and oxygen atoms in total. The summed E-state index contributed by atoms with van der Waals surface area (Å²) in [5.74, 6) is -2.09. The van der Waals surface area contributed by atoms with Crippen molar-refractivity contribution in [3.8, 4) is 0 Å². The molecule has 47 heavy (non-hydrogen) atoms. The molecule has 1 aliphatic heterocycles. The van der Waals surface area contributed by atoms with Crippen molar-refractivity contribution in [2.45, 2.75) is 111 Å². The Bertz CT molecular complexity index is 1200. The Balaban J connectivity index is 0.000000392. The quantitative estimate of drug-likeness (QED) is 0.291. The van der Waals surface area contributed by atoms with Crippen LogP contribution < -0.4 is 21.7 Å². The van der Waals surface area contributed by atoms with E-state index in [-0.39, 0.29) is 41.7 Å². The number of hydrogen-bond acceptors (Lipinski definition) is 8. The Hall–Kier alpha value is -3.90. The molecule has 1 saturated heterocycles. The number of nitrogens with two attached hydrogens (primary N) is 1. The summed E-state index contributed by atoms with van der Waals surface area (Å²) in [4.78, 5) is 80.8. The molecule has 5 amide bonds. The third-order valence-electron chi connectivity index (χ3n) is 8.66. The highest BCUT2D eigenvalue weighted by molar-refractivity contribution is 6.36. The van der Waals surface area contributed by atoms with E-state index < -0.39 is 41.1 Å². The smallest absolute Gasteiger partial charge is 0.287 e. The van der Waals surface area contributed by atoms with E-state index in [1.54, 1.807) is 4.90 Å². The molecule has 3 aliphatic rings. The number of fused-ring (bicyclic) bond motifs is 1. The number of ketones is 1. The minimum absolute atomic E-state index is 0.0871. The summed E-state index contributed by atoms with van der Waals surface area (Å²) in [6.45, 7) is 9.48. The van der Waals surface area contributed by atoms with Crippen molar-refractivity contribution in [2.75, 3.05) is 20.1 Å². The fourth-order valence-electron chi connectivity index (χ4n) is 6.25. The Morgan fingerprint density at radius 1 is 0.957 bits per heavy atom. The van der Waals surface area contributed by atoms with Gasteiger partial charge in [0.15, 0.2) is 0 Å². The lowest BCUT2D eigenvalue weighted by atomic mass is 9.85. The van der Waals surface area contributed by atoms with E-state index in [1.165, 1.54) is 64.2 Å². The average molecular weight is 658 g/mol. The number of likely N-dealkylation sites (tertiary alicyclic amines) is 1. The molecule has 2 aliphatic carbocycles. The molecule has 1 aromatic rings. The first-order valence-corrected chi connectivity index (χ1v) is 16.9. The average Bonchev–Trinajstić information content (AvgIpc) is 3.64. The maximum absolute atomic E-state index is 13.4. The SMILES string of the molecule is C1CCCCC1.CC(C)(C)C(NC(=O)CNC(=O)c1cnccn1)C(=O)N1CC2CCCC2C1C(N)=O.CNC(=O)C(=O)CC(C)C. The van der Waals surface area contributed by atoms with E-state index in [0.29, 0.717) is 13.0 Å². The first-order valence-electron chi connectivity index (χ1n) is 16.9. The lowest BCUT2D eigenvalue weighted by molar-refractivity contribution is -0.143. The lowest BCUT2D eigenvalue weighted by Gasteiger charge is -2.35. The lowest BCUT2D eigenvalue weighted by Crippen LogP contribution is -2.59. The Kier molecular flexibility index (Phi) is 15.9. The van der Waals surface area contributed by atoms with E-state index in [9.17, 15) is 28.8 Å². The summed E-state index contributed by atoms with van der Waals surface area (Å²) >= 11 is 0. The van der Waals surface area contributed by atoms with Crippen LogP contribution in [0.4, 0.5) is 0 Å². The monoisotopic (exact) mass is 657 g/mol. The van der Waals surface area contributed by atoms with Gasteiger partial charge in [0.1, 0.15) is 17.8 Å². The summed E-state index contributed by atoms with van der Waals surface area (Å²) in [5.41, 5.74) is 5.13. The second-order valence-electron chi connectivity index (χ2n) is 14.1. The van der Waals surface area contributed by atoms with Gasteiger partial charge < -0.3 is 26.6 Å². The molecule has 262 valence electrons. The van der Waals surface area contributed by atoms with Gasteiger partial charge in [0.2, 0.25) is 23.5 Å². The van der Waals surface area contributed by atoms with Gasteiger partial charge in [-0.3, -0.25) is 33.8 Å². The number of hydrogen-bond donors (Lipinski definition) is 4. The molecule has 2 heterocycles. The largest absolute Gasteiger partial charge is 0.368 e. The first-order chi connectivity index (χ1) is 22.2. The molecule has 4 unspecified atom stereocenters. The van der Waals surface area contributed by atoms with Gasteiger partial charge in [0.05, 0.1) is 12.7 Å². The van der Waals surface area contributed by atoms with Gasteiger partial charge in [0.25, 0.3) is 11.8 Å². The van der Waals surface area contributed by atoms with E-state index in [1.807, 2.05) is 34.6 Å². The van der Waals surface area contributed by atoms with Crippen LogP contribution in [-0.4, -0.2) is 82.4 Å². The fraction of sp³-hybridized carbons (Fsp3) is 0.706.